The van der Waals surface area contributed by atoms with Crippen LogP contribution in [-0.4, -0.2) is 33.5 Å². The van der Waals surface area contributed by atoms with Gasteiger partial charge in [-0.05, 0) is 66.9 Å². The molecule has 0 radical (unpaired) electrons. The van der Waals surface area contributed by atoms with Crippen LogP contribution in [-0.2, 0) is 22.9 Å². The van der Waals surface area contributed by atoms with Crippen LogP contribution in [0.2, 0.25) is 0 Å². The second-order valence-corrected chi connectivity index (χ2v) is 12.4. The van der Waals surface area contributed by atoms with Crippen molar-refractivity contribution in [3.8, 4) is 0 Å². The molecule has 2 atom stereocenters. The Morgan fingerprint density at radius 3 is 2.26 bits per heavy atom. The number of aryl methyl sites for hydroxylation is 1. The molecule has 2 aliphatic carbocycles. The van der Waals surface area contributed by atoms with Crippen LogP contribution in [0.4, 0.5) is 26.7 Å². The number of aliphatic carboxylic acids is 1. The van der Waals surface area contributed by atoms with Gasteiger partial charge in [-0.2, -0.15) is 13.2 Å². The Kier molecular flexibility index (Phi) is 6.52. The number of carbonyl (C=O) groups excluding carboxylic acids is 1. The van der Waals surface area contributed by atoms with E-state index < -0.39 is 59.5 Å². The molecule has 10 heteroatoms. The summed E-state index contributed by atoms with van der Waals surface area (Å²) < 4.78 is 70.3. The number of amides is 2. The monoisotopic (exact) mass is 540 g/mol. The highest BCUT2D eigenvalue weighted by Crippen LogP contribution is 2.53. The number of nitrogens with one attached hydrogen (secondary N) is 1. The maximum atomic E-state index is 14.2. The average molecular weight is 541 g/mol. The van der Waals surface area contributed by atoms with Crippen LogP contribution in [0.3, 0.4) is 0 Å². The lowest BCUT2D eigenvalue weighted by Crippen LogP contribution is -2.62. The van der Waals surface area contributed by atoms with E-state index in [0.29, 0.717) is 12.0 Å². The molecule has 38 heavy (non-hydrogen) atoms. The zero-order valence-electron chi connectivity index (χ0n) is 22.1. The first-order chi connectivity index (χ1) is 17.2. The second kappa shape index (κ2) is 8.81. The molecular weight excluding hydrogens is 507 g/mol. The normalized spacial score (nSPS) is 27.6. The molecule has 4 rings (SSSR count). The highest BCUT2D eigenvalue weighted by Gasteiger charge is 2.55. The Morgan fingerprint density at radius 1 is 1.16 bits per heavy atom. The molecule has 0 bridgehead atoms. The van der Waals surface area contributed by atoms with E-state index in [-0.39, 0.29) is 35.0 Å². The van der Waals surface area contributed by atoms with E-state index in [9.17, 15) is 36.6 Å². The molecule has 1 aliphatic heterocycles. The molecular formula is C28H33F5N2O3. The summed E-state index contributed by atoms with van der Waals surface area (Å²) in [6.45, 7) is 9.03. The van der Waals surface area contributed by atoms with Crippen molar-refractivity contribution in [3.63, 3.8) is 0 Å². The third-order valence-electron chi connectivity index (χ3n) is 7.95. The molecule has 1 unspecified atom stereocenters. The largest absolute Gasteiger partial charge is 0.478 e. The van der Waals surface area contributed by atoms with Crippen LogP contribution in [0, 0.1) is 11.3 Å². The number of hydrogen-bond donors (Lipinski definition) is 2. The third-order valence-corrected chi connectivity index (χ3v) is 7.95. The zero-order chi connectivity index (χ0) is 28.5. The lowest BCUT2D eigenvalue weighted by molar-refractivity contribution is -0.138. The number of benzene rings is 1. The van der Waals surface area contributed by atoms with Crippen molar-refractivity contribution < 1.29 is 36.6 Å². The van der Waals surface area contributed by atoms with Crippen molar-refractivity contribution in [2.45, 2.75) is 89.9 Å². The molecule has 2 N–H and O–H groups in total. The van der Waals surface area contributed by atoms with Crippen molar-refractivity contribution in [2.75, 3.05) is 0 Å². The minimum atomic E-state index is -4.64. The van der Waals surface area contributed by atoms with Crippen LogP contribution in [0.25, 0.3) is 0 Å². The van der Waals surface area contributed by atoms with Gasteiger partial charge in [0.25, 0.3) is 0 Å². The fourth-order valence-corrected chi connectivity index (χ4v) is 5.59. The smallest absolute Gasteiger partial charge is 0.416 e. The van der Waals surface area contributed by atoms with Gasteiger partial charge >= 0.3 is 18.2 Å². The average Bonchev–Trinajstić information content (AvgIpc) is 2.72. The predicted molar refractivity (Wildman–Crippen MR) is 131 cm³/mol. The molecule has 1 aromatic carbocycles. The minimum Gasteiger partial charge on any atom is -0.478 e. The predicted octanol–water partition coefficient (Wildman–Crippen LogP) is 7.03. The lowest BCUT2D eigenvalue weighted by atomic mass is 9.67. The third kappa shape index (κ3) is 5.18. The van der Waals surface area contributed by atoms with Crippen molar-refractivity contribution >= 4 is 12.0 Å². The first kappa shape index (κ1) is 28.1. The van der Waals surface area contributed by atoms with Crippen LogP contribution in [0.1, 0.15) is 77.0 Å². The molecule has 0 saturated heterocycles. The van der Waals surface area contributed by atoms with Gasteiger partial charge in [0.2, 0.25) is 5.92 Å². The number of halogens is 5. The number of carboxylic acids is 1. The van der Waals surface area contributed by atoms with Gasteiger partial charge in [0.05, 0.1) is 16.6 Å². The number of alkyl halides is 5. The molecule has 5 nitrogen and oxygen atoms in total. The second-order valence-electron chi connectivity index (χ2n) is 12.4. The quantitative estimate of drug-likeness (QED) is 0.381. The van der Waals surface area contributed by atoms with E-state index in [1.165, 1.54) is 36.2 Å². The van der Waals surface area contributed by atoms with Gasteiger partial charge < -0.3 is 10.4 Å². The SMILES string of the molecule is CC(C)(C)CCc1ccc([C@]2(C)NC(=O)N(C3(C)C=C(C(=O)O)C3)C=C2C2CC(F)(F)C2)cc1C(F)(F)F. The van der Waals surface area contributed by atoms with Gasteiger partial charge in [0.15, 0.2) is 0 Å². The summed E-state index contributed by atoms with van der Waals surface area (Å²) >= 11 is 0. The summed E-state index contributed by atoms with van der Waals surface area (Å²) in [7, 11) is 0. The highest BCUT2D eigenvalue weighted by atomic mass is 19.4. The van der Waals surface area contributed by atoms with E-state index in [2.05, 4.69) is 5.32 Å². The first-order valence-electron chi connectivity index (χ1n) is 12.6. The molecule has 1 heterocycles. The topological polar surface area (TPSA) is 69.6 Å². The summed E-state index contributed by atoms with van der Waals surface area (Å²) in [4.78, 5) is 25.8. The van der Waals surface area contributed by atoms with Crippen LogP contribution in [0.5, 0.6) is 0 Å². The standard InChI is InChI=1S/C28H33F5N2O3/c1-24(2,3)9-8-16-6-7-19(10-20(16)28(31,32)33)26(5)21(17-13-27(29,30)14-17)15-35(23(38)34-26)25(4)11-18(12-25)22(36)37/h6-7,10-11,15,17H,8-9,12-14H2,1-5H3,(H,34,38)(H,36,37)/t25?,26-/m0/s1. The van der Waals surface area contributed by atoms with E-state index in [1.54, 1.807) is 6.92 Å². The molecule has 0 aromatic heterocycles. The molecule has 208 valence electrons. The zero-order valence-corrected chi connectivity index (χ0v) is 22.1. The summed E-state index contributed by atoms with van der Waals surface area (Å²) in [5, 5.41) is 12.0. The first-order valence-corrected chi connectivity index (χ1v) is 12.6. The Hall–Kier alpha value is -2.91. The van der Waals surface area contributed by atoms with E-state index in [0.717, 1.165) is 6.07 Å². The fourth-order valence-electron chi connectivity index (χ4n) is 5.59. The van der Waals surface area contributed by atoms with Crippen LogP contribution in [0.15, 0.2) is 41.6 Å². The molecule has 0 spiro atoms. The molecule has 1 aromatic rings. The van der Waals surface area contributed by atoms with Crippen molar-refractivity contribution in [1.29, 1.82) is 0 Å². The van der Waals surface area contributed by atoms with Crippen LogP contribution < -0.4 is 5.32 Å². The van der Waals surface area contributed by atoms with Gasteiger partial charge in [-0.1, -0.05) is 32.9 Å². The van der Waals surface area contributed by atoms with Gasteiger partial charge in [-0.3, -0.25) is 4.90 Å². The summed E-state index contributed by atoms with van der Waals surface area (Å²) in [6, 6.07) is 3.32. The summed E-state index contributed by atoms with van der Waals surface area (Å²) in [5.74, 6) is -4.68. The Balaban J connectivity index is 1.78. The number of carbonyl (C=O) groups is 2. The van der Waals surface area contributed by atoms with E-state index in [4.69, 9.17) is 0 Å². The number of carboxylic acid groups (broad SMARTS) is 1. The molecule has 1 fully saturated rings. The van der Waals surface area contributed by atoms with Gasteiger partial charge in [0, 0.05) is 31.0 Å². The highest BCUT2D eigenvalue weighted by molar-refractivity contribution is 5.90. The molecule has 1 saturated carbocycles. The van der Waals surface area contributed by atoms with Gasteiger partial charge in [-0.15, -0.1) is 0 Å². The van der Waals surface area contributed by atoms with Crippen LogP contribution >= 0.6 is 0 Å². The van der Waals surface area contributed by atoms with Gasteiger partial charge in [-0.25, -0.2) is 18.4 Å². The maximum Gasteiger partial charge on any atom is 0.416 e. The number of urea groups is 1. The van der Waals surface area contributed by atoms with E-state index in [1.807, 2.05) is 20.8 Å². The molecule has 2 amide bonds. The van der Waals surface area contributed by atoms with Crippen molar-refractivity contribution in [1.82, 2.24) is 10.2 Å². The van der Waals surface area contributed by atoms with Gasteiger partial charge in [0.1, 0.15) is 0 Å². The summed E-state index contributed by atoms with van der Waals surface area (Å²) in [5.41, 5.74) is -2.66. The van der Waals surface area contributed by atoms with Crippen molar-refractivity contribution in [3.05, 3.63) is 58.3 Å². The number of nitrogens with zero attached hydrogens (tertiary/aromatic N) is 1. The van der Waals surface area contributed by atoms with E-state index >= 15 is 0 Å². The number of rotatable bonds is 6. The van der Waals surface area contributed by atoms with Crippen molar-refractivity contribution in [2.24, 2.45) is 11.3 Å². The number of hydrogen-bond acceptors (Lipinski definition) is 2. The maximum absolute atomic E-state index is 14.2. The fraction of sp³-hybridized carbons (Fsp3) is 0.571. The Morgan fingerprint density at radius 2 is 1.76 bits per heavy atom. The Bertz CT molecular complexity index is 1220. The minimum absolute atomic E-state index is 0.0533. The molecule has 3 aliphatic rings. The summed E-state index contributed by atoms with van der Waals surface area (Å²) in [6.07, 6.45) is -1.95. The lowest BCUT2D eigenvalue weighted by Gasteiger charge is -2.52. The Labute approximate surface area is 218 Å².